The fourth-order valence-electron chi connectivity index (χ4n) is 3.28. The molecule has 2 fully saturated rings. The second-order valence-corrected chi connectivity index (χ2v) is 6.08. The lowest BCUT2D eigenvalue weighted by atomic mass is 9.91. The molecule has 0 aromatic carbocycles. The Kier molecular flexibility index (Phi) is 6.57. The van der Waals surface area contributed by atoms with Gasteiger partial charge in [0.2, 0.25) is 5.91 Å². The minimum atomic E-state index is 0. The van der Waals surface area contributed by atoms with Crippen LogP contribution in [0.15, 0.2) is 0 Å². The lowest BCUT2D eigenvalue weighted by Crippen LogP contribution is -2.50. The van der Waals surface area contributed by atoms with Gasteiger partial charge in [-0.2, -0.15) is 0 Å². The van der Waals surface area contributed by atoms with E-state index in [1.165, 1.54) is 13.0 Å². The van der Waals surface area contributed by atoms with Crippen molar-refractivity contribution >= 4 is 18.3 Å². The van der Waals surface area contributed by atoms with Crippen LogP contribution in [0.25, 0.3) is 0 Å². The average molecular weight is 290 g/mol. The van der Waals surface area contributed by atoms with Crippen molar-refractivity contribution in [2.24, 2.45) is 5.92 Å². The Bertz CT molecular complexity index is 300. The molecule has 1 N–H and O–H groups in total. The number of carbonyl (C=O) groups is 1. The van der Waals surface area contributed by atoms with E-state index in [0.717, 1.165) is 32.4 Å². The minimum Gasteiger partial charge on any atom is -0.341 e. The van der Waals surface area contributed by atoms with Gasteiger partial charge in [-0.3, -0.25) is 4.79 Å². The van der Waals surface area contributed by atoms with Gasteiger partial charge in [0.1, 0.15) is 0 Å². The van der Waals surface area contributed by atoms with Gasteiger partial charge >= 0.3 is 0 Å². The summed E-state index contributed by atoms with van der Waals surface area (Å²) in [5, 5.41) is 3.41. The second kappa shape index (κ2) is 7.46. The van der Waals surface area contributed by atoms with Gasteiger partial charge in [0.25, 0.3) is 0 Å². The summed E-state index contributed by atoms with van der Waals surface area (Å²) in [4.78, 5) is 16.9. The summed E-state index contributed by atoms with van der Waals surface area (Å²) in [5.41, 5.74) is 0. The van der Waals surface area contributed by atoms with Crippen molar-refractivity contribution in [3.63, 3.8) is 0 Å². The number of halogens is 1. The van der Waals surface area contributed by atoms with Crippen LogP contribution >= 0.6 is 12.4 Å². The Labute approximate surface area is 123 Å². The SMILES string of the molecule is C[C@H]1C[C@@H](C(=O)N(C)C2CCCN(C)C2)CCN1.Cl. The zero-order chi connectivity index (χ0) is 13.1. The van der Waals surface area contributed by atoms with Gasteiger partial charge in [0.05, 0.1) is 0 Å². The van der Waals surface area contributed by atoms with Crippen molar-refractivity contribution in [1.29, 1.82) is 0 Å². The van der Waals surface area contributed by atoms with Crippen molar-refractivity contribution in [3.05, 3.63) is 0 Å². The monoisotopic (exact) mass is 289 g/mol. The maximum Gasteiger partial charge on any atom is 0.225 e. The van der Waals surface area contributed by atoms with E-state index >= 15 is 0 Å². The quantitative estimate of drug-likeness (QED) is 0.834. The number of carbonyl (C=O) groups excluding carboxylic acids is 1. The van der Waals surface area contributed by atoms with E-state index in [9.17, 15) is 4.79 Å². The summed E-state index contributed by atoms with van der Waals surface area (Å²) in [7, 11) is 4.15. The van der Waals surface area contributed by atoms with E-state index in [4.69, 9.17) is 0 Å². The van der Waals surface area contributed by atoms with Crippen molar-refractivity contribution in [2.45, 2.75) is 44.7 Å². The summed E-state index contributed by atoms with van der Waals surface area (Å²) in [5.74, 6) is 0.599. The molecule has 0 spiro atoms. The van der Waals surface area contributed by atoms with Gasteiger partial charge in [-0.05, 0) is 52.7 Å². The van der Waals surface area contributed by atoms with Crippen LogP contribution in [-0.4, -0.2) is 61.5 Å². The molecule has 4 nitrogen and oxygen atoms in total. The molecule has 5 heteroatoms. The van der Waals surface area contributed by atoms with Gasteiger partial charge in [-0.25, -0.2) is 0 Å². The van der Waals surface area contributed by atoms with Gasteiger partial charge < -0.3 is 15.1 Å². The number of hydrogen-bond donors (Lipinski definition) is 1. The summed E-state index contributed by atoms with van der Waals surface area (Å²) in [6.45, 7) is 5.36. The first kappa shape index (κ1) is 16.7. The Balaban J connectivity index is 0.00000180. The lowest BCUT2D eigenvalue weighted by molar-refractivity contribution is -0.138. The van der Waals surface area contributed by atoms with Crippen LogP contribution in [0.4, 0.5) is 0 Å². The molecular weight excluding hydrogens is 262 g/mol. The van der Waals surface area contributed by atoms with Crippen molar-refractivity contribution < 1.29 is 4.79 Å². The Morgan fingerprint density at radius 1 is 1.37 bits per heavy atom. The van der Waals surface area contributed by atoms with Gasteiger partial charge in [0.15, 0.2) is 0 Å². The Morgan fingerprint density at radius 2 is 2.11 bits per heavy atom. The average Bonchev–Trinajstić information content (AvgIpc) is 2.37. The molecule has 0 aliphatic carbocycles. The molecule has 19 heavy (non-hydrogen) atoms. The number of amides is 1. The molecule has 2 aliphatic rings. The summed E-state index contributed by atoms with van der Waals surface area (Å²) in [6, 6.07) is 0.900. The molecule has 0 radical (unpaired) electrons. The van der Waals surface area contributed by atoms with Crippen molar-refractivity contribution in [1.82, 2.24) is 15.1 Å². The third kappa shape index (κ3) is 4.33. The van der Waals surface area contributed by atoms with Gasteiger partial charge in [-0.1, -0.05) is 0 Å². The molecule has 3 atom stereocenters. The first-order valence-corrected chi connectivity index (χ1v) is 7.26. The van der Waals surface area contributed by atoms with Gasteiger partial charge in [0, 0.05) is 31.6 Å². The topological polar surface area (TPSA) is 35.6 Å². The van der Waals surface area contributed by atoms with E-state index in [-0.39, 0.29) is 18.3 Å². The summed E-state index contributed by atoms with van der Waals surface area (Å²) >= 11 is 0. The van der Waals surface area contributed by atoms with E-state index < -0.39 is 0 Å². The van der Waals surface area contributed by atoms with Gasteiger partial charge in [-0.15, -0.1) is 12.4 Å². The lowest BCUT2D eigenvalue weighted by Gasteiger charge is -2.38. The predicted octanol–water partition coefficient (Wildman–Crippen LogP) is 1.35. The van der Waals surface area contributed by atoms with E-state index in [2.05, 4.69) is 24.2 Å². The van der Waals surface area contributed by atoms with Crippen LogP contribution in [0.2, 0.25) is 0 Å². The fourth-order valence-corrected chi connectivity index (χ4v) is 3.28. The van der Waals surface area contributed by atoms with Crippen LogP contribution in [0.5, 0.6) is 0 Å². The van der Waals surface area contributed by atoms with Crippen LogP contribution in [-0.2, 0) is 4.79 Å². The molecule has 2 saturated heterocycles. The molecule has 0 aromatic heterocycles. The first-order chi connectivity index (χ1) is 8.58. The largest absolute Gasteiger partial charge is 0.341 e. The maximum atomic E-state index is 12.5. The second-order valence-electron chi connectivity index (χ2n) is 6.08. The van der Waals surface area contributed by atoms with E-state index in [1.807, 2.05) is 11.9 Å². The normalized spacial score (nSPS) is 32.5. The maximum absolute atomic E-state index is 12.5. The van der Waals surface area contributed by atoms with E-state index in [1.54, 1.807) is 0 Å². The standard InChI is InChI=1S/C14H27N3O.ClH/c1-11-9-12(6-7-15-11)14(18)17(3)13-5-4-8-16(2)10-13;/h11-13,15H,4-10H2,1-3H3;1H/t11-,12-,13?;/m0./s1. The molecule has 2 rings (SSSR count). The van der Waals surface area contributed by atoms with E-state index in [0.29, 0.717) is 18.0 Å². The zero-order valence-corrected chi connectivity index (χ0v) is 13.2. The van der Waals surface area contributed by atoms with Crippen LogP contribution in [0.1, 0.15) is 32.6 Å². The number of rotatable bonds is 2. The number of piperidine rings is 2. The highest BCUT2D eigenvalue weighted by Gasteiger charge is 2.31. The van der Waals surface area contributed by atoms with Crippen molar-refractivity contribution in [3.8, 4) is 0 Å². The molecule has 2 heterocycles. The molecule has 0 bridgehead atoms. The van der Waals surface area contributed by atoms with Crippen LogP contribution < -0.4 is 5.32 Å². The molecular formula is C14H28ClN3O. The van der Waals surface area contributed by atoms with Crippen LogP contribution in [0.3, 0.4) is 0 Å². The third-order valence-corrected chi connectivity index (χ3v) is 4.47. The molecule has 2 aliphatic heterocycles. The number of likely N-dealkylation sites (N-methyl/N-ethyl adjacent to an activating group) is 2. The van der Waals surface area contributed by atoms with Crippen molar-refractivity contribution in [2.75, 3.05) is 33.7 Å². The molecule has 1 amide bonds. The number of likely N-dealkylation sites (tertiary alicyclic amines) is 1. The minimum absolute atomic E-state index is 0. The Morgan fingerprint density at radius 3 is 2.74 bits per heavy atom. The highest BCUT2D eigenvalue weighted by Crippen LogP contribution is 2.21. The summed E-state index contributed by atoms with van der Waals surface area (Å²) < 4.78 is 0. The predicted molar refractivity (Wildman–Crippen MR) is 80.7 cm³/mol. The first-order valence-electron chi connectivity index (χ1n) is 7.26. The zero-order valence-electron chi connectivity index (χ0n) is 12.4. The number of hydrogen-bond acceptors (Lipinski definition) is 3. The number of nitrogens with zero attached hydrogens (tertiary/aromatic N) is 2. The number of nitrogens with one attached hydrogen (secondary N) is 1. The molecule has 0 saturated carbocycles. The molecule has 112 valence electrons. The molecule has 1 unspecified atom stereocenters. The highest BCUT2D eigenvalue weighted by molar-refractivity contribution is 5.85. The fraction of sp³-hybridized carbons (Fsp3) is 0.929. The smallest absolute Gasteiger partial charge is 0.225 e. The molecule has 0 aromatic rings. The summed E-state index contributed by atoms with van der Waals surface area (Å²) in [6.07, 6.45) is 4.36. The van der Waals surface area contributed by atoms with Crippen LogP contribution in [0, 0.1) is 5.92 Å². The Hall–Kier alpha value is -0.320. The third-order valence-electron chi connectivity index (χ3n) is 4.47. The highest BCUT2D eigenvalue weighted by atomic mass is 35.5.